The molecule has 0 saturated heterocycles. The summed E-state index contributed by atoms with van der Waals surface area (Å²) in [6.07, 6.45) is 4.74. The number of nitrogens with one attached hydrogen (secondary N) is 2. The maximum Gasteiger partial charge on any atom is 0.250 e. The quantitative estimate of drug-likeness (QED) is 0.196. The molecule has 0 unspecified atom stereocenters. The number of rotatable bonds is 9. The van der Waals surface area contributed by atoms with Crippen LogP contribution in [-0.2, 0) is 13.1 Å². The fourth-order valence-electron chi connectivity index (χ4n) is 3.40. The summed E-state index contributed by atoms with van der Waals surface area (Å²) in [7, 11) is 1.78. The number of aryl methyl sites for hydroxylation is 3. The molecule has 0 amide bonds. The number of unbranched alkanes of at least 4 members (excludes halogenated alkanes) is 1. The van der Waals surface area contributed by atoms with Crippen LogP contribution in [0.25, 0.3) is 11.0 Å². The molecule has 3 rings (SSSR count). The molecule has 2 aromatic heterocycles. The molecule has 3 aromatic rings. The Morgan fingerprint density at radius 1 is 1.00 bits per heavy atom. The molecule has 0 fully saturated rings. The number of benzene rings is 1. The van der Waals surface area contributed by atoms with Crippen LogP contribution >= 0.6 is 24.0 Å². The summed E-state index contributed by atoms with van der Waals surface area (Å²) in [5.41, 5.74) is 2.29. The summed E-state index contributed by atoms with van der Waals surface area (Å²) < 4.78 is 4.01. The number of imidazole rings is 1. The molecule has 2 N–H and O–H groups in total. The van der Waals surface area contributed by atoms with Gasteiger partial charge >= 0.3 is 0 Å². The third-order valence-corrected chi connectivity index (χ3v) is 4.94. The number of pyridine rings is 1. The highest BCUT2D eigenvalue weighted by Gasteiger charge is 2.06. The van der Waals surface area contributed by atoms with E-state index in [1.165, 1.54) is 5.52 Å². The van der Waals surface area contributed by atoms with Crippen molar-refractivity contribution in [2.24, 2.45) is 4.99 Å². The third kappa shape index (κ3) is 6.58. The molecule has 1 aromatic carbocycles. The van der Waals surface area contributed by atoms with E-state index in [1.807, 2.05) is 18.3 Å². The van der Waals surface area contributed by atoms with Crippen molar-refractivity contribution in [3.8, 4) is 0 Å². The first-order valence-corrected chi connectivity index (χ1v) is 10.2. The van der Waals surface area contributed by atoms with Gasteiger partial charge < -0.3 is 19.8 Å². The van der Waals surface area contributed by atoms with Crippen LogP contribution in [0, 0.1) is 6.92 Å². The summed E-state index contributed by atoms with van der Waals surface area (Å²) in [5, 5.41) is 6.70. The van der Waals surface area contributed by atoms with Gasteiger partial charge in [0.05, 0.1) is 11.0 Å². The number of aliphatic imine (C=N–C) groups is 1. The lowest BCUT2D eigenvalue weighted by atomic mass is 10.3. The molecule has 2 heterocycles. The summed E-state index contributed by atoms with van der Waals surface area (Å²) in [5.74, 6) is 1.86. The Hall–Kier alpha value is -2.36. The zero-order chi connectivity index (χ0) is 20.5. The van der Waals surface area contributed by atoms with Crippen LogP contribution in [0.1, 0.15) is 25.1 Å². The van der Waals surface area contributed by atoms with Crippen LogP contribution in [0.5, 0.6) is 0 Å². The summed E-state index contributed by atoms with van der Waals surface area (Å²) in [6.45, 7) is 5.38. The predicted molar refractivity (Wildman–Crippen MR) is 134 cm³/mol. The highest BCUT2D eigenvalue weighted by molar-refractivity contribution is 14.0. The largest absolute Gasteiger partial charge is 0.356 e. The van der Waals surface area contributed by atoms with Gasteiger partial charge in [-0.25, -0.2) is 4.98 Å². The standard InChI is InChI=1S/C22H30N6O.HI/c1-18-26-19-10-3-4-11-20(19)28(18)17-9-14-25-22(23-2)24-13-6-8-16-27-15-7-5-12-21(27)29;/h3-5,7,10-12,15H,6,8-9,13-14,16-17H2,1-2H3,(H2,23,24,25);1H. The topological polar surface area (TPSA) is 76.2 Å². The first-order valence-electron chi connectivity index (χ1n) is 10.2. The van der Waals surface area contributed by atoms with Gasteiger partial charge in [-0.15, -0.1) is 24.0 Å². The normalized spacial score (nSPS) is 11.3. The van der Waals surface area contributed by atoms with E-state index in [9.17, 15) is 4.79 Å². The second-order valence-electron chi connectivity index (χ2n) is 7.02. The lowest BCUT2D eigenvalue weighted by Gasteiger charge is -2.13. The Morgan fingerprint density at radius 2 is 1.73 bits per heavy atom. The summed E-state index contributed by atoms with van der Waals surface area (Å²) in [6, 6.07) is 13.5. The van der Waals surface area contributed by atoms with Crippen LogP contribution in [0.15, 0.2) is 58.4 Å². The molecule has 0 bridgehead atoms. The third-order valence-electron chi connectivity index (χ3n) is 4.94. The SMILES string of the molecule is CN=C(NCCCCn1ccccc1=O)NCCCn1c(C)nc2ccccc21.I. The van der Waals surface area contributed by atoms with Crippen LogP contribution in [-0.4, -0.2) is 40.2 Å². The fourth-order valence-corrected chi connectivity index (χ4v) is 3.40. The van der Waals surface area contributed by atoms with E-state index < -0.39 is 0 Å². The molecule has 8 heteroatoms. The molecule has 7 nitrogen and oxygen atoms in total. The number of nitrogens with zero attached hydrogens (tertiary/aromatic N) is 4. The van der Waals surface area contributed by atoms with E-state index in [1.54, 1.807) is 23.7 Å². The molecule has 0 aliphatic heterocycles. The summed E-state index contributed by atoms with van der Waals surface area (Å²) in [4.78, 5) is 20.6. The smallest absolute Gasteiger partial charge is 0.250 e. The Bertz CT molecular complexity index is 1010. The highest BCUT2D eigenvalue weighted by atomic mass is 127. The summed E-state index contributed by atoms with van der Waals surface area (Å²) >= 11 is 0. The highest BCUT2D eigenvalue weighted by Crippen LogP contribution is 2.15. The van der Waals surface area contributed by atoms with Gasteiger partial charge in [-0.05, 0) is 44.4 Å². The van der Waals surface area contributed by atoms with Gasteiger partial charge in [-0.3, -0.25) is 9.79 Å². The number of para-hydroxylation sites is 2. The Labute approximate surface area is 194 Å². The molecular formula is C22H31IN6O. The van der Waals surface area contributed by atoms with Gasteiger partial charge in [0.25, 0.3) is 0 Å². The van der Waals surface area contributed by atoms with E-state index in [0.717, 1.165) is 62.7 Å². The van der Waals surface area contributed by atoms with Crippen LogP contribution in [0.2, 0.25) is 0 Å². The van der Waals surface area contributed by atoms with E-state index >= 15 is 0 Å². The van der Waals surface area contributed by atoms with Crippen molar-refractivity contribution in [2.45, 2.75) is 39.3 Å². The second-order valence-corrected chi connectivity index (χ2v) is 7.02. The molecule has 0 aliphatic carbocycles. The van der Waals surface area contributed by atoms with Crippen molar-refractivity contribution in [3.05, 3.63) is 64.8 Å². The van der Waals surface area contributed by atoms with Crippen molar-refractivity contribution in [1.29, 1.82) is 0 Å². The van der Waals surface area contributed by atoms with Gasteiger partial charge in [0, 0.05) is 45.5 Å². The van der Waals surface area contributed by atoms with Gasteiger partial charge in [0.2, 0.25) is 5.56 Å². The van der Waals surface area contributed by atoms with E-state index in [2.05, 4.69) is 50.3 Å². The van der Waals surface area contributed by atoms with Crippen LogP contribution < -0.4 is 16.2 Å². The number of fused-ring (bicyclic) bond motifs is 1. The number of hydrogen-bond donors (Lipinski definition) is 2. The first kappa shape index (κ1) is 23.9. The van der Waals surface area contributed by atoms with Gasteiger partial charge in [0.1, 0.15) is 5.82 Å². The van der Waals surface area contributed by atoms with Crippen molar-refractivity contribution in [2.75, 3.05) is 20.1 Å². The maximum atomic E-state index is 11.7. The molecule has 0 aliphatic rings. The van der Waals surface area contributed by atoms with Crippen LogP contribution in [0.3, 0.4) is 0 Å². The van der Waals surface area contributed by atoms with Gasteiger partial charge in [-0.2, -0.15) is 0 Å². The van der Waals surface area contributed by atoms with E-state index in [0.29, 0.717) is 0 Å². The number of halogens is 1. The molecule has 162 valence electrons. The van der Waals surface area contributed by atoms with Crippen LogP contribution in [0.4, 0.5) is 0 Å². The first-order chi connectivity index (χ1) is 14.2. The predicted octanol–water partition coefficient (Wildman–Crippen LogP) is 3.16. The molecule has 0 spiro atoms. The number of guanidine groups is 1. The Balaban J connectivity index is 0.00000320. The molecular weight excluding hydrogens is 491 g/mol. The van der Waals surface area contributed by atoms with Crippen molar-refractivity contribution >= 4 is 41.0 Å². The fraction of sp³-hybridized carbons (Fsp3) is 0.409. The monoisotopic (exact) mass is 522 g/mol. The van der Waals surface area contributed by atoms with Crippen molar-refractivity contribution < 1.29 is 0 Å². The van der Waals surface area contributed by atoms with E-state index in [4.69, 9.17) is 0 Å². The van der Waals surface area contributed by atoms with Gasteiger partial charge in [-0.1, -0.05) is 18.2 Å². The Kier molecular flexibility index (Phi) is 9.85. The Morgan fingerprint density at radius 3 is 2.50 bits per heavy atom. The number of hydrogen-bond acceptors (Lipinski definition) is 3. The van der Waals surface area contributed by atoms with Gasteiger partial charge in [0.15, 0.2) is 5.96 Å². The van der Waals surface area contributed by atoms with E-state index in [-0.39, 0.29) is 29.5 Å². The van der Waals surface area contributed by atoms with Crippen molar-refractivity contribution in [1.82, 2.24) is 24.8 Å². The minimum atomic E-state index is 0. The minimum Gasteiger partial charge on any atom is -0.356 e. The maximum absolute atomic E-state index is 11.7. The average molecular weight is 522 g/mol. The molecule has 0 atom stereocenters. The van der Waals surface area contributed by atoms with Crippen molar-refractivity contribution in [3.63, 3.8) is 0 Å². The lowest BCUT2D eigenvalue weighted by Crippen LogP contribution is -2.38. The average Bonchev–Trinajstić information content (AvgIpc) is 3.05. The molecule has 30 heavy (non-hydrogen) atoms. The molecule has 0 saturated carbocycles. The zero-order valence-corrected chi connectivity index (χ0v) is 20.0. The number of aromatic nitrogens is 3. The minimum absolute atomic E-state index is 0. The second kappa shape index (κ2) is 12.4. The lowest BCUT2D eigenvalue weighted by molar-refractivity contribution is 0.582. The zero-order valence-electron chi connectivity index (χ0n) is 17.7. The molecule has 0 radical (unpaired) electrons.